The largest absolute Gasteiger partial charge is 0.620 e. The van der Waals surface area contributed by atoms with Crippen LogP contribution in [-0.2, 0) is 20.6 Å². The van der Waals surface area contributed by atoms with Crippen molar-refractivity contribution in [3.63, 3.8) is 0 Å². The van der Waals surface area contributed by atoms with E-state index < -0.39 is 59.7 Å². The number of aliphatic hydroxyl groups is 2. The lowest BCUT2D eigenvalue weighted by Crippen LogP contribution is -2.55. The summed E-state index contributed by atoms with van der Waals surface area (Å²) in [7, 11) is -8.29. The van der Waals surface area contributed by atoms with Crippen LogP contribution in [0.5, 0.6) is 0 Å². The second kappa shape index (κ2) is 7.86. The molecule has 1 aromatic rings. The van der Waals surface area contributed by atoms with Gasteiger partial charge in [-0.2, -0.15) is 24.5 Å². The van der Waals surface area contributed by atoms with E-state index in [9.17, 15) is 24.8 Å². The topological polar surface area (TPSA) is 245 Å². The highest BCUT2D eigenvalue weighted by atomic mass is 31.3. The summed E-state index contributed by atoms with van der Waals surface area (Å²) in [5, 5.41) is 25.8. The predicted octanol–water partition coefficient (Wildman–Crippen LogP) is -4.32. The summed E-state index contributed by atoms with van der Waals surface area (Å²) in [6.07, 6.45) is -5.10. The molecule has 1 amide bonds. The molecule has 1 unspecified atom stereocenters. The van der Waals surface area contributed by atoms with E-state index in [2.05, 4.69) is 19.5 Å². The molecule has 18 heteroatoms. The number of aliphatic hydroxyl groups excluding tert-OH is 2. The zero-order valence-electron chi connectivity index (χ0n) is 14.8. The third-order valence-corrected chi connectivity index (χ3v) is 6.37. The Morgan fingerprint density at radius 3 is 2.52 bits per heavy atom. The molecule has 1 aromatic heterocycles. The number of nitrogens with one attached hydrogen (secondary N) is 2. The fourth-order valence-corrected chi connectivity index (χ4v) is 4.69. The van der Waals surface area contributed by atoms with Gasteiger partial charge in [0.05, 0.1) is 11.4 Å². The van der Waals surface area contributed by atoms with Gasteiger partial charge in [-0.25, -0.2) is 4.57 Å². The van der Waals surface area contributed by atoms with Crippen molar-refractivity contribution < 1.29 is 57.6 Å². The zero-order chi connectivity index (χ0) is 21.7. The molecule has 0 radical (unpaired) electrons. The molecule has 29 heavy (non-hydrogen) atoms. The molecule has 3 heterocycles. The number of carbonyl (C=O) groups is 1. The van der Waals surface area contributed by atoms with Gasteiger partial charge in [-0.3, -0.25) is 20.4 Å². The molecule has 0 saturated carbocycles. The first kappa shape index (κ1) is 22.6. The van der Waals surface area contributed by atoms with Crippen molar-refractivity contribution in [3.8, 4) is 0 Å². The molecule has 0 bridgehead atoms. The van der Waals surface area contributed by atoms with Gasteiger partial charge in [0.2, 0.25) is 11.9 Å². The second-order valence-corrected chi connectivity index (χ2v) is 9.27. The third kappa shape index (κ3) is 4.81. The normalized spacial score (nSPS) is 30.1. The van der Waals surface area contributed by atoms with E-state index in [0.29, 0.717) is 0 Å². The first-order valence-electron chi connectivity index (χ1n) is 8.02. The van der Waals surface area contributed by atoms with Crippen molar-refractivity contribution in [1.82, 2.24) is 9.88 Å². The van der Waals surface area contributed by atoms with Crippen LogP contribution in [0.3, 0.4) is 0 Å². The number of aromatic nitrogens is 2. The Kier molecular flexibility index (Phi) is 6.12. The summed E-state index contributed by atoms with van der Waals surface area (Å²) >= 11 is 0. The summed E-state index contributed by atoms with van der Waals surface area (Å²) in [5.74, 6) is -0.261. The van der Waals surface area contributed by atoms with Crippen LogP contribution in [0.1, 0.15) is 16.7 Å². The number of rotatable bonds is 6. The maximum atomic E-state index is 12.1. The molecule has 1 saturated heterocycles. The smallest absolute Gasteiger partial charge is 0.387 e. The van der Waals surface area contributed by atoms with Gasteiger partial charge < -0.3 is 20.3 Å². The van der Waals surface area contributed by atoms with Crippen molar-refractivity contribution in [2.24, 2.45) is 12.8 Å². The SMILES string of the molecule is Cn1c[n+]([C@@H]2O[C@H](CO[P+](O)(O)O[P+](O)(O)O)[C@@H](O)[C@H]2O)c2c1C(=O)NC(N)N2. The van der Waals surface area contributed by atoms with Gasteiger partial charge >= 0.3 is 16.3 Å². The number of aryl methyl sites for hydroxylation is 1. The quantitative estimate of drug-likeness (QED) is 0.142. The molecule has 0 aliphatic carbocycles. The Labute approximate surface area is 164 Å². The number of amides is 1. The maximum absolute atomic E-state index is 12.1. The lowest BCUT2D eigenvalue weighted by Gasteiger charge is -2.20. The van der Waals surface area contributed by atoms with Crippen molar-refractivity contribution >= 4 is 28.1 Å². The van der Waals surface area contributed by atoms with Crippen LogP contribution < -0.4 is 20.9 Å². The van der Waals surface area contributed by atoms with Gasteiger partial charge in [0.1, 0.15) is 24.9 Å². The number of ether oxygens (including phenoxy) is 1. The Bertz CT molecular complexity index is 786. The number of hydrogen-bond donors (Lipinski definition) is 10. The van der Waals surface area contributed by atoms with Crippen LogP contribution >= 0.6 is 16.3 Å². The lowest BCUT2D eigenvalue weighted by atomic mass is 10.1. The van der Waals surface area contributed by atoms with Gasteiger partial charge in [0.15, 0.2) is 12.6 Å². The van der Waals surface area contributed by atoms with Gasteiger partial charge in [0, 0.05) is 0 Å². The van der Waals surface area contributed by atoms with Crippen LogP contribution in [0.2, 0.25) is 0 Å². The number of nitrogens with zero attached hydrogens (tertiary/aromatic N) is 2. The average Bonchev–Trinajstić information content (AvgIpc) is 3.01. The molecule has 3 rings (SSSR count). The average molecular weight is 462 g/mol. The van der Waals surface area contributed by atoms with Gasteiger partial charge in [-0.15, -0.1) is 4.52 Å². The van der Waals surface area contributed by atoms with E-state index in [4.69, 9.17) is 25.2 Å². The summed E-state index contributed by atoms with van der Waals surface area (Å²) in [6, 6.07) is 0. The standard InChI is InChI=1S/C11H21N5O11P2/c1-15-3-16(8-5(15)9(19)14-11(12)13-8)10-7(18)6(17)4(26-10)2-25-29(23,24)27-28(20,21)22/h3-4,6-7,10-11,17-18,20-24H,2,12H2,1H3,(H-,13,14,19)/q+2/p+1/t4-,6-,7-,10-,11?/m1/s1. The zero-order valence-corrected chi connectivity index (χ0v) is 16.6. The van der Waals surface area contributed by atoms with Crippen LogP contribution in [0.4, 0.5) is 5.82 Å². The summed E-state index contributed by atoms with van der Waals surface area (Å²) in [4.78, 5) is 57.3. The predicted molar refractivity (Wildman–Crippen MR) is 92.6 cm³/mol. The second-order valence-electron chi connectivity index (χ2n) is 6.35. The first-order valence-corrected chi connectivity index (χ1v) is 11.1. The van der Waals surface area contributed by atoms with Gasteiger partial charge in [0.25, 0.3) is 11.7 Å². The molecule has 0 spiro atoms. The molecule has 11 N–H and O–H groups in total. The minimum atomic E-state index is -5.00. The van der Waals surface area contributed by atoms with Crippen molar-refractivity contribution in [1.29, 1.82) is 0 Å². The maximum Gasteiger partial charge on any atom is 0.620 e. The molecule has 2 aliphatic heterocycles. The Morgan fingerprint density at radius 1 is 1.24 bits per heavy atom. The third-order valence-electron chi connectivity index (χ3n) is 4.16. The summed E-state index contributed by atoms with van der Waals surface area (Å²) in [5.41, 5.74) is 5.88. The van der Waals surface area contributed by atoms with Crippen molar-refractivity contribution in [3.05, 3.63) is 12.0 Å². The van der Waals surface area contributed by atoms with Crippen molar-refractivity contribution in [2.45, 2.75) is 30.8 Å². The molecular weight excluding hydrogens is 440 g/mol. The Hall–Kier alpha value is -1.10. The molecule has 0 aromatic carbocycles. The molecule has 16 nitrogen and oxygen atoms in total. The Balaban J connectivity index is 1.76. The minimum absolute atomic E-state index is 0.190. The van der Waals surface area contributed by atoms with Crippen LogP contribution in [0, 0.1) is 0 Å². The number of fused-ring (bicyclic) bond motifs is 1. The number of anilines is 1. The molecular formula is C11H22N5O11P2+3. The van der Waals surface area contributed by atoms with E-state index in [1.165, 1.54) is 15.5 Å². The molecule has 1 fully saturated rings. The monoisotopic (exact) mass is 462 g/mol. The fraction of sp³-hybridized carbons (Fsp3) is 0.636. The van der Waals surface area contributed by atoms with Crippen LogP contribution in [0.15, 0.2) is 6.33 Å². The number of hydrogen-bond acceptors (Lipinski definition) is 13. The van der Waals surface area contributed by atoms with E-state index in [1.54, 1.807) is 7.05 Å². The summed E-state index contributed by atoms with van der Waals surface area (Å²) < 4.78 is 16.7. The van der Waals surface area contributed by atoms with E-state index in [1.807, 2.05) is 0 Å². The number of nitrogens with two attached hydrogens (primary N) is 1. The number of imidazole rings is 1. The van der Waals surface area contributed by atoms with Gasteiger partial charge in [-0.1, -0.05) is 0 Å². The lowest BCUT2D eigenvalue weighted by molar-refractivity contribution is -0.753. The van der Waals surface area contributed by atoms with Gasteiger partial charge in [-0.05, 0) is 0 Å². The molecule has 164 valence electrons. The highest BCUT2D eigenvalue weighted by molar-refractivity contribution is 7.67. The van der Waals surface area contributed by atoms with Crippen LogP contribution in [0.25, 0.3) is 0 Å². The van der Waals surface area contributed by atoms with E-state index in [-0.39, 0.29) is 11.5 Å². The minimum Gasteiger partial charge on any atom is -0.387 e. The van der Waals surface area contributed by atoms with Crippen molar-refractivity contribution in [2.75, 3.05) is 11.9 Å². The molecule has 5 atom stereocenters. The Morgan fingerprint density at radius 2 is 1.90 bits per heavy atom. The van der Waals surface area contributed by atoms with E-state index in [0.717, 1.165) is 0 Å². The van der Waals surface area contributed by atoms with Crippen LogP contribution in [-0.4, -0.2) is 76.4 Å². The highest BCUT2D eigenvalue weighted by Crippen LogP contribution is 2.67. The fourth-order valence-electron chi connectivity index (χ4n) is 3.02. The molecule has 2 aliphatic rings. The van der Waals surface area contributed by atoms with E-state index >= 15 is 0 Å². The number of carbonyl (C=O) groups excluding carboxylic acids is 1. The first-order chi connectivity index (χ1) is 13.3. The highest BCUT2D eigenvalue weighted by Gasteiger charge is 2.59. The summed E-state index contributed by atoms with van der Waals surface area (Å²) in [6.45, 7) is -0.751.